The molecule has 0 radical (unpaired) electrons. The minimum Gasteiger partial charge on any atom is -0.339 e. The van der Waals surface area contributed by atoms with Crippen molar-refractivity contribution >= 4 is 17.5 Å². The first-order valence-corrected chi connectivity index (χ1v) is 7.47. The number of hydrogen-bond acceptors (Lipinski definition) is 3. The summed E-state index contributed by atoms with van der Waals surface area (Å²) in [4.78, 5) is 29.9. The molecule has 0 unspecified atom stereocenters. The highest BCUT2D eigenvalue weighted by molar-refractivity contribution is 6.05. The summed E-state index contributed by atoms with van der Waals surface area (Å²) in [5.41, 5.74) is -0.265. The van der Waals surface area contributed by atoms with Gasteiger partial charge >= 0.3 is 0 Å². The molecule has 0 aliphatic carbocycles. The number of nitrogens with one attached hydrogen (secondary N) is 1. The monoisotopic (exact) mass is 333 g/mol. The highest BCUT2D eigenvalue weighted by Crippen LogP contribution is 2.19. The summed E-state index contributed by atoms with van der Waals surface area (Å²) in [7, 11) is 0. The Bertz CT molecular complexity index is 741. The lowest BCUT2D eigenvalue weighted by molar-refractivity contribution is 0.0772. The molecule has 2 amide bonds. The van der Waals surface area contributed by atoms with Gasteiger partial charge in [-0.1, -0.05) is 6.07 Å². The normalized spacial score (nSPS) is 10.3. The van der Waals surface area contributed by atoms with Gasteiger partial charge in [-0.15, -0.1) is 0 Å². The Hall–Kier alpha value is -2.83. The van der Waals surface area contributed by atoms with Gasteiger partial charge in [0.05, 0.1) is 11.1 Å². The highest BCUT2D eigenvalue weighted by atomic mass is 19.1. The number of anilines is 1. The predicted octanol–water partition coefficient (Wildman–Crippen LogP) is 3.09. The molecule has 1 aromatic heterocycles. The first kappa shape index (κ1) is 17.5. The number of pyridine rings is 1. The maximum absolute atomic E-state index is 13.6. The van der Waals surface area contributed by atoms with E-state index in [4.69, 9.17) is 0 Å². The number of benzene rings is 1. The van der Waals surface area contributed by atoms with Crippen LogP contribution in [0.2, 0.25) is 0 Å². The molecule has 1 heterocycles. The van der Waals surface area contributed by atoms with E-state index in [9.17, 15) is 18.4 Å². The molecule has 5 nitrogen and oxygen atoms in total. The molecule has 0 saturated carbocycles. The molecule has 0 spiro atoms. The van der Waals surface area contributed by atoms with Gasteiger partial charge in [0.1, 0.15) is 17.3 Å². The highest BCUT2D eigenvalue weighted by Gasteiger charge is 2.17. The van der Waals surface area contributed by atoms with E-state index in [-0.39, 0.29) is 17.0 Å². The second-order valence-electron chi connectivity index (χ2n) is 4.99. The van der Waals surface area contributed by atoms with E-state index in [2.05, 4.69) is 10.3 Å². The zero-order valence-corrected chi connectivity index (χ0v) is 13.3. The Morgan fingerprint density at radius 1 is 1.08 bits per heavy atom. The number of aromatic nitrogens is 1. The summed E-state index contributed by atoms with van der Waals surface area (Å²) in [6, 6.07) is 4.63. The summed E-state index contributed by atoms with van der Waals surface area (Å²) in [5.74, 6) is -2.78. The predicted molar refractivity (Wildman–Crippen MR) is 85.8 cm³/mol. The third-order valence-electron chi connectivity index (χ3n) is 3.50. The molecule has 7 heteroatoms. The Balaban J connectivity index is 2.25. The van der Waals surface area contributed by atoms with E-state index in [0.717, 1.165) is 12.1 Å². The molecule has 1 N–H and O–H groups in total. The summed E-state index contributed by atoms with van der Waals surface area (Å²) >= 11 is 0. The van der Waals surface area contributed by atoms with Crippen LogP contribution < -0.4 is 5.32 Å². The van der Waals surface area contributed by atoms with Crippen LogP contribution in [0.15, 0.2) is 36.7 Å². The van der Waals surface area contributed by atoms with Crippen molar-refractivity contribution in [1.82, 2.24) is 9.88 Å². The third kappa shape index (κ3) is 3.73. The fourth-order valence-corrected chi connectivity index (χ4v) is 2.18. The van der Waals surface area contributed by atoms with Crippen LogP contribution in [0, 0.1) is 11.6 Å². The number of halogens is 2. The molecule has 2 rings (SSSR count). The zero-order valence-electron chi connectivity index (χ0n) is 13.3. The number of carbonyl (C=O) groups excluding carboxylic acids is 2. The largest absolute Gasteiger partial charge is 0.339 e. The van der Waals surface area contributed by atoms with Gasteiger partial charge in [-0.25, -0.2) is 8.78 Å². The number of nitrogens with zero attached hydrogens (tertiary/aromatic N) is 2. The van der Waals surface area contributed by atoms with Gasteiger partial charge in [-0.3, -0.25) is 14.6 Å². The minimum absolute atomic E-state index is 0.0376. The van der Waals surface area contributed by atoms with Crippen LogP contribution in [0.25, 0.3) is 0 Å². The van der Waals surface area contributed by atoms with Crippen molar-refractivity contribution in [2.24, 2.45) is 0 Å². The van der Waals surface area contributed by atoms with Gasteiger partial charge < -0.3 is 10.2 Å². The third-order valence-corrected chi connectivity index (χ3v) is 3.50. The summed E-state index contributed by atoms with van der Waals surface area (Å²) in [6.45, 7) is 4.72. The van der Waals surface area contributed by atoms with E-state index in [1.807, 2.05) is 13.8 Å². The minimum atomic E-state index is -0.883. The summed E-state index contributed by atoms with van der Waals surface area (Å²) < 4.78 is 27.2. The second kappa shape index (κ2) is 7.63. The molecule has 0 bridgehead atoms. The van der Waals surface area contributed by atoms with Gasteiger partial charge in [-0.2, -0.15) is 0 Å². The average molecular weight is 333 g/mol. The van der Waals surface area contributed by atoms with Gasteiger partial charge in [0, 0.05) is 25.5 Å². The first-order chi connectivity index (χ1) is 11.5. The Labute approximate surface area is 138 Å². The van der Waals surface area contributed by atoms with Gasteiger partial charge in [0.25, 0.3) is 11.8 Å². The lowest BCUT2D eigenvalue weighted by atomic mass is 10.1. The molecule has 0 aliphatic heterocycles. The van der Waals surface area contributed by atoms with E-state index >= 15 is 0 Å². The number of amides is 2. The van der Waals surface area contributed by atoms with Gasteiger partial charge in [0.2, 0.25) is 0 Å². The molecule has 126 valence electrons. The Kier molecular flexibility index (Phi) is 5.57. The fourth-order valence-electron chi connectivity index (χ4n) is 2.18. The lowest BCUT2D eigenvalue weighted by Crippen LogP contribution is -2.30. The smallest absolute Gasteiger partial charge is 0.257 e. The topological polar surface area (TPSA) is 62.3 Å². The quantitative estimate of drug-likeness (QED) is 0.914. The number of hydrogen-bond donors (Lipinski definition) is 1. The molecule has 1 aromatic carbocycles. The van der Waals surface area contributed by atoms with E-state index in [0.29, 0.717) is 13.1 Å². The van der Waals surface area contributed by atoms with Crippen LogP contribution in [0.3, 0.4) is 0 Å². The molecular weight excluding hydrogens is 316 g/mol. The van der Waals surface area contributed by atoms with Crippen molar-refractivity contribution in [1.29, 1.82) is 0 Å². The number of para-hydroxylation sites is 1. The van der Waals surface area contributed by atoms with Gasteiger partial charge in [-0.05, 0) is 32.0 Å². The molecule has 0 fully saturated rings. The SMILES string of the molecule is CCN(CC)C(=O)c1cncc(C(=O)Nc2c(F)cccc2F)c1. The van der Waals surface area contributed by atoms with Crippen molar-refractivity contribution in [3.63, 3.8) is 0 Å². The van der Waals surface area contributed by atoms with Crippen LogP contribution in [0.1, 0.15) is 34.6 Å². The number of carbonyl (C=O) groups is 2. The molecular formula is C17H17F2N3O2. The standard InChI is InChI=1S/C17H17F2N3O2/c1-3-22(4-2)17(24)12-8-11(9-20-10-12)16(23)21-15-13(18)6-5-7-14(15)19/h5-10H,3-4H2,1-2H3,(H,21,23). The number of rotatable bonds is 5. The summed E-state index contributed by atoms with van der Waals surface area (Å²) in [6.07, 6.45) is 2.58. The van der Waals surface area contributed by atoms with Gasteiger partial charge in [0.15, 0.2) is 0 Å². The maximum Gasteiger partial charge on any atom is 0.257 e. The van der Waals surface area contributed by atoms with E-state index < -0.39 is 23.2 Å². The van der Waals surface area contributed by atoms with Crippen LogP contribution in [-0.2, 0) is 0 Å². The molecule has 0 saturated heterocycles. The molecule has 24 heavy (non-hydrogen) atoms. The zero-order chi connectivity index (χ0) is 17.7. The summed E-state index contributed by atoms with van der Waals surface area (Å²) in [5, 5.41) is 2.16. The van der Waals surface area contributed by atoms with Crippen molar-refractivity contribution in [2.75, 3.05) is 18.4 Å². The van der Waals surface area contributed by atoms with E-state index in [1.54, 1.807) is 4.90 Å². The maximum atomic E-state index is 13.6. The average Bonchev–Trinajstić information content (AvgIpc) is 2.59. The molecule has 2 aromatic rings. The first-order valence-electron chi connectivity index (χ1n) is 7.47. The Morgan fingerprint density at radius 2 is 1.67 bits per heavy atom. The van der Waals surface area contributed by atoms with Crippen molar-refractivity contribution < 1.29 is 18.4 Å². The van der Waals surface area contributed by atoms with Crippen LogP contribution in [0.4, 0.5) is 14.5 Å². The second-order valence-corrected chi connectivity index (χ2v) is 4.99. The Morgan fingerprint density at radius 3 is 2.25 bits per heavy atom. The van der Waals surface area contributed by atoms with Crippen molar-refractivity contribution in [3.8, 4) is 0 Å². The van der Waals surface area contributed by atoms with Crippen LogP contribution in [-0.4, -0.2) is 34.8 Å². The van der Waals surface area contributed by atoms with Crippen LogP contribution in [0.5, 0.6) is 0 Å². The molecule has 0 atom stereocenters. The lowest BCUT2D eigenvalue weighted by Gasteiger charge is -2.18. The van der Waals surface area contributed by atoms with Crippen molar-refractivity contribution in [2.45, 2.75) is 13.8 Å². The fraction of sp³-hybridized carbons (Fsp3) is 0.235. The molecule has 0 aliphatic rings. The van der Waals surface area contributed by atoms with E-state index in [1.165, 1.54) is 24.5 Å². The van der Waals surface area contributed by atoms with Crippen LogP contribution >= 0.6 is 0 Å². The van der Waals surface area contributed by atoms with Crippen molar-refractivity contribution in [3.05, 3.63) is 59.4 Å².